The highest BCUT2D eigenvalue weighted by molar-refractivity contribution is 6.34. The first-order valence-electron chi connectivity index (χ1n) is 13.4. The first kappa shape index (κ1) is 26.5. The van der Waals surface area contributed by atoms with Crippen LogP contribution >= 0.6 is 11.6 Å². The maximum Gasteiger partial charge on any atom is 0.254 e. The molecule has 0 saturated carbocycles. The van der Waals surface area contributed by atoms with Gasteiger partial charge in [-0.2, -0.15) is 0 Å². The third-order valence-electron chi connectivity index (χ3n) is 8.03. The van der Waals surface area contributed by atoms with Crippen molar-refractivity contribution >= 4 is 40.7 Å². The molecule has 0 bridgehead atoms. The largest absolute Gasteiger partial charge is 0.368 e. The van der Waals surface area contributed by atoms with Crippen molar-refractivity contribution in [3.05, 3.63) is 58.1 Å². The van der Waals surface area contributed by atoms with Gasteiger partial charge in [0, 0.05) is 76.6 Å². The molecule has 3 aliphatic heterocycles. The summed E-state index contributed by atoms with van der Waals surface area (Å²) in [6.45, 7) is 10.4. The Balaban J connectivity index is 1.21. The highest BCUT2D eigenvalue weighted by atomic mass is 35.5. The normalized spacial score (nSPS) is 20.8. The van der Waals surface area contributed by atoms with E-state index in [0.29, 0.717) is 49.0 Å². The van der Waals surface area contributed by atoms with Crippen molar-refractivity contribution in [2.75, 3.05) is 75.8 Å². The SMILES string of the molecule is Cc1ccc(N2CCN(C(=O)c3ccc(N4CC(C(=O)N5CCN(C)CC5)CC4=O)c(Cl)c3)CC2)c(C)c1. The Morgan fingerprint density at radius 1 is 0.842 bits per heavy atom. The summed E-state index contributed by atoms with van der Waals surface area (Å²) < 4.78 is 0. The molecule has 8 nitrogen and oxygen atoms in total. The summed E-state index contributed by atoms with van der Waals surface area (Å²) in [5.41, 5.74) is 4.77. The van der Waals surface area contributed by atoms with Crippen LogP contribution in [0.1, 0.15) is 27.9 Å². The molecule has 3 aliphatic rings. The number of halogens is 1. The highest BCUT2D eigenvalue weighted by Gasteiger charge is 2.38. The third-order valence-corrected chi connectivity index (χ3v) is 8.34. The zero-order chi connectivity index (χ0) is 27.0. The van der Waals surface area contributed by atoms with Gasteiger partial charge in [0.2, 0.25) is 11.8 Å². The predicted octanol–water partition coefficient (Wildman–Crippen LogP) is 3.05. The molecule has 3 heterocycles. The van der Waals surface area contributed by atoms with Gasteiger partial charge in [-0.15, -0.1) is 0 Å². The van der Waals surface area contributed by atoms with Gasteiger partial charge in [-0.3, -0.25) is 14.4 Å². The minimum Gasteiger partial charge on any atom is -0.368 e. The van der Waals surface area contributed by atoms with Crippen molar-refractivity contribution in [2.45, 2.75) is 20.3 Å². The molecule has 3 saturated heterocycles. The Morgan fingerprint density at radius 3 is 2.16 bits per heavy atom. The number of carbonyl (C=O) groups excluding carboxylic acids is 3. The molecule has 5 rings (SSSR count). The van der Waals surface area contributed by atoms with Crippen LogP contribution < -0.4 is 9.80 Å². The first-order valence-corrected chi connectivity index (χ1v) is 13.8. The number of anilines is 2. The zero-order valence-corrected chi connectivity index (χ0v) is 23.2. The van der Waals surface area contributed by atoms with Crippen molar-refractivity contribution in [1.29, 1.82) is 0 Å². The Kier molecular flexibility index (Phi) is 7.63. The van der Waals surface area contributed by atoms with E-state index < -0.39 is 0 Å². The van der Waals surface area contributed by atoms with Crippen LogP contribution in [0.4, 0.5) is 11.4 Å². The molecule has 202 valence electrons. The number of carbonyl (C=O) groups is 3. The van der Waals surface area contributed by atoms with Crippen LogP contribution in [0.25, 0.3) is 0 Å². The second-order valence-electron chi connectivity index (χ2n) is 10.8. The van der Waals surface area contributed by atoms with Crippen LogP contribution in [0.3, 0.4) is 0 Å². The Bertz CT molecular complexity index is 1230. The summed E-state index contributed by atoms with van der Waals surface area (Å²) in [6.07, 6.45) is 0.187. The van der Waals surface area contributed by atoms with Crippen molar-refractivity contribution in [3.63, 3.8) is 0 Å². The van der Waals surface area contributed by atoms with Crippen LogP contribution in [0.15, 0.2) is 36.4 Å². The van der Waals surface area contributed by atoms with E-state index in [1.54, 1.807) is 23.1 Å². The number of aryl methyl sites for hydroxylation is 2. The number of hydrogen-bond donors (Lipinski definition) is 0. The molecule has 0 spiro atoms. The van der Waals surface area contributed by atoms with Gasteiger partial charge in [0.15, 0.2) is 0 Å². The lowest BCUT2D eigenvalue weighted by molar-refractivity contribution is -0.137. The van der Waals surface area contributed by atoms with E-state index in [0.717, 1.165) is 26.2 Å². The molecular formula is C29H36ClN5O3. The zero-order valence-electron chi connectivity index (χ0n) is 22.5. The second-order valence-corrected chi connectivity index (χ2v) is 11.2. The van der Waals surface area contributed by atoms with Gasteiger partial charge in [0.05, 0.1) is 16.6 Å². The molecule has 3 fully saturated rings. The summed E-state index contributed by atoms with van der Waals surface area (Å²) in [5, 5.41) is 0.353. The van der Waals surface area contributed by atoms with E-state index in [-0.39, 0.29) is 30.1 Å². The van der Waals surface area contributed by atoms with E-state index >= 15 is 0 Å². The first-order chi connectivity index (χ1) is 18.2. The maximum absolute atomic E-state index is 13.3. The molecule has 2 aromatic carbocycles. The maximum atomic E-state index is 13.3. The van der Waals surface area contributed by atoms with Gasteiger partial charge < -0.3 is 24.5 Å². The fraction of sp³-hybridized carbons (Fsp3) is 0.483. The van der Waals surface area contributed by atoms with Crippen LogP contribution in [-0.2, 0) is 9.59 Å². The fourth-order valence-electron chi connectivity index (χ4n) is 5.74. The van der Waals surface area contributed by atoms with Crippen LogP contribution in [0.5, 0.6) is 0 Å². The highest BCUT2D eigenvalue weighted by Crippen LogP contribution is 2.33. The lowest BCUT2D eigenvalue weighted by Gasteiger charge is -2.37. The van der Waals surface area contributed by atoms with Crippen molar-refractivity contribution < 1.29 is 14.4 Å². The summed E-state index contributed by atoms with van der Waals surface area (Å²) >= 11 is 6.61. The van der Waals surface area contributed by atoms with E-state index in [2.05, 4.69) is 41.8 Å². The Labute approximate surface area is 229 Å². The fourth-order valence-corrected chi connectivity index (χ4v) is 6.03. The van der Waals surface area contributed by atoms with Gasteiger partial charge in [0.1, 0.15) is 0 Å². The van der Waals surface area contributed by atoms with E-state index in [1.807, 2.05) is 16.8 Å². The summed E-state index contributed by atoms with van der Waals surface area (Å²) in [4.78, 5) is 49.0. The van der Waals surface area contributed by atoms with Gasteiger partial charge >= 0.3 is 0 Å². The van der Waals surface area contributed by atoms with E-state index in [9.17, 15) is 14.4 Å². The van der Waals surface area contributed by atoms with Gasteiger partial charge in [-0.1, -0.05) is 29.3 Å². The van der Waals surface area contributed by atoms with Crippen molar-refractivity contribution in [2.24, 2.45) is 5.92 Å². The van der Waals surface area contributed by atoms with Crippen LogP contribution in [0, 0.1) is 19.8 Å². The lowest BCUT2D eigenvalue weighted by atomic mass is 10.1. The number of amides is 3. The minimum absolute atomic E-state index is 0.0387. The van der Waals surface area contributed by atoms with Crippen LogP contribution in [-0.4, -0.2) is 98.4 Å². The lowest BCUT2D eigenvalue weighted by Crippen LogP contribution is -2.49. The molecule has 0 aromatic heterocycles. The average Bonchev–Trinajstić information content (AvgIpc) is 3.29. The molecule has 0 radical (unpaired) electrons. The third kappa shape index (κ3) is 5.38. The number of likely N-dealkylation sites (N-methyl/N-ethyl adjacent to an activating group) is 1. The molecule has 38 heavy (non-hydrogen) atoms. The molecule has 1 unspecified atom stereocenters. The van der Waals surface area contributed by atoms with Crippen LogP contribution in [0.2, 0.25) is 5.02 Å². The number of hydrogen-bond acceptors (Lipinski definition) is 5. The number of rotatable bonds is 4. The molecule has 0 aliphatic carbocycles. The molecule has 0 N–H and O–H groups in total. The number of benzene rings is 2. The Hall–Kier alpha value is -3.10. The van der Waals surface area contributed by atoms with Gasteiger partial charge in [-0.25, -0.2) is 0 Å². The molecule has 9 heteroatoms. The second kappa shape index (κ2) is 10.9. The predicted molar refractivity (Wildman–Crippen MR) is 150 cm³/mol. The van der Waals surface area contributed by atoms with E-state index in [4.69, 9.17) is 11.6 Å². The van der Waals surface area contributed by atoms with Crippen molar-refractivity contribution in [1.82, 2.24) is 14.7 Å². The summed E-state index contributed by atoms with van der Waals surface area (Å²) in [6, 6.07) is 11.6. The van der Waals surface area contributed by atoms with Gasteiger partial charge in [-0.05, 0) is 50.7 Å². The topological polar surface area (TPSA) is 67.4 Å². The quantitative estimate of drug-likeness (QED) is 0.600. The monoisotopic (exact) mass is 537 g/mol. The average molecular weight is 538 g/mol. The Morgan fingerprint density at radius 2 is 1.50 bits per heavy atom. The number of nitrogens with zero attached hydrogens (tertiary/aromatic N) is 5. The smallest absolute Gasteiger partial charge is 0.254 e. The molecule has 2 aromatic rings. The molecule has 3 amide bonds. The summed E-state index contributed by atoms with van der Waals surface area (Å²) in [7, 11) is 2.05. The molecular weight excluding hydrogens is 502 g/mol. The van der Waals surface area contributed by atoms with E-state index in [1.165, 1.54) is 16.8 Å². The van der Waals surface area contributed by atoms with Gasteiger partial charge in [0.25, 0.3) is 5.91 Å². The summed E-state index contributed by atoms with van der Waals surface area (Å²) in [5.74, 6) is -0.496. The number of piperazine rings is 2. The molecule has 1 atom stereocenters. The minimum atomic E-state index is -0.364. The van der Waals surface area contributed by atoms with Crippen molar-refractivity contribution in [3.8, 4) is 0 Å². The standard InChI is InChI=1S/C29H36ClN5O3/c1-20-4-6-25(21(2)16-20)32-12-14-34(15-13-32)28(37)22-5-7-26(24(30)17-22)35-19-23(18-27(35)36)29(38)33-10-8-31(3)9-11-33/h4-7,16-17,23H,8-15,18-19H2,1-3H3.